The second-order valence-electron chi connectivity index (χ2n) is 7.05. The van der Waals surface area contributed by atoms with Gasteiger partial charge in [0, 0.05) is 40.8 Å². The lowest BCUT2D eigenvalue weighted by atomic mass is 10.0. The monoisotopic (exact) mass is 459 g/mol. The van der Waals surface area contributed by atoms with Gasteiger partial charge in [0.15, 0.2) is 4.34 Å². The molecule has 1 aromatic heterocycles. The number of benzene rings is 2. The summed E-state index contributed by atoms with van der Waals surface area (Å²) in [7, 11) is -3.72. The van der Waals surface area contributed by atoms with Crippen LogP contribution in [0.25, 0.3) is 0 Å². The van der Waals surface area contributed by atoms with Crippen molar-refractivity contribution in [1.29, 1.82) is 0 Å². The molecule has 1 amide bonds. The van der Waals surface area contributed by atoms with Crippen LogP contribution in [0, 0.1) is 6.92 Å². The number of aryl methyl sites for hydroxylation is 2. The summed E-state index contributed by atoms with van der Waals surface area (Å²) in [5.74, 6) is -0.0319. The molecule has 0 unspecified atom stereocenters. The number of nitrogens with one attached hydrogen (secondary N) is 1. The van der Waals surface area contributed by atoms with Crippen molar-refractivity contribution in [1.82, 2.24) is 4.98 Å². The summed E-state index contributed by atoms with van der Waals surface area (Å²) in [6, 6.07) is 12.2. The molecule has 0 fully saturated rings. The fourth-order valence-electron chi connectivity index (χ4n) is 3.35. The normalized spacial score (nSPS) is 13.7. The third kappa shape index (κ3) is 4.53. The Bertz CT molecular complexity index is 1190. The topological polar surface area (TPSA) is 79.4 Å². The van der Waals surface area contributed by atoms with Crippen LogP contribution in [0.2, 0.25) is 0 Å². The first-order valence-corrected chi connectivity index (χ1v) is 12.6. The number of rotatable bonds is 5. The van der Waals surface area contributed by atoms with Gasteiger partial charge in [0.05, 0.1) is 4.90 Å². The SMILES string of the molecule is CC(=O)N1CCCc2cc(S(=O)(=O)Nc3ccc(Sc4nc(C)cs4)cc3)ccc21. The van der Waals surface area contributed by atoms with Crippen molar-refractivity contribution in [2.24, 2.45) is 0 Å². The van der Waals surface area contributed by atoms with Gasteiger partial charge in [-0.2, -0.15) is 0 Å². The number of nitrogens with zero attached hydrogens (tertiary/aromatic N) is 2. The molecule has 156 valence electrons. The highest BCUT2D eigenvalue weighted by Crippen LogP contribution is 2.32. The van der Waals surface area contributed by atoms with Crippen LogP contribution in [-0.2, 0) is 21.2 Å². The van der Waals surface area contributed by atoms with Crippen LogP contribution >= 0.6 is 23.1 Å². The van der Waals surface area contributed by atoms with Crippen molar-refractivity contribution in [3.63, 3.8) is 0 Å². The molecule has 1 N–H and O–H groups in total. The summed E-state index contributed by atoms with van der Waals surface area (Å²) in [4.78, 5) is 19.1. The summed E-state index contributed by atoms with van der Waals surface area (Å²) >= 11 is 3.13. The van der Waals surface area contributed by atoms with E-state index in [4.69, 9.17) is 0 Å². The first kappa shape index (κ1) is 20.9. The highest BCUT2D eigenvalue weighted by molar-refractivity contribution is 8.01. The van der Waals surface area contributed by atoms with E-state index in [1.54, 1.807) is 58.3 Å². The van der Waals surface area contributed by atoms with E-state index < -0.39 is 10.0 Å². The first-order chi connectivity index (χ1) is 14.3. The minimum Gasteiger partial charge on any atom is -0.312 e. The lowest BCUT2D eigenvalue weighted by molar-refractivity contribution is -0.116. The number of thiazole rings is 1. The van der Waals surface area contributed by atoms with E-state index in [2.05, 4.69) is 9.71 Å². The highest BCUT2D eigenvalue weighted by atomic mass is 32.2. The average molecular weight is 460 g/mol. The van der Waals surface area contributed by atoms with Crippen LogP contribution in [-0.4, -0.2) is 25.9 Å². The molecule has 30 heavy (non-hydrogen) atoms. The Kier molecular flexibility index (Phi) is 5.86. The number of sulfonamides is 1. The summed E-state index contributed by atoms with van der Waals surface area (Å²) in [5.41, 5.74) is 3.16. The highest BCUT2D eigenvalue weighted by Gasteiger charge is 2.23. The molecule has 9 heteroatoms. The van der Waals surface area contributed by atoms with Crippen LogP contribution in [0.15, 0.2) is 62.0 Å². The lowest BCUT2D eigenvalue weighted by Gasteiger charge is -2.28. The number of hydrogen-bond acceptors (Lipinski definition) is 6. The Morgan fingerprint density at radius 2 is 1.97 bits per heavy atom. The number of aromatic nitrogens is 1. The van der Waals surface area contributed by atoms with Gasteiger partial charge in [0.2, 0.25) is 5.91 Å². The molecule has 2 aromatic carbocycles. The predicted octanol–water partition coefficient (Wildman–Crippen LogP) is 4.70. The Hall–Kier alpha value is -2.36. The smallest absolute Gasteiger partial charge is 0.261 e. The zero-order valence-electron chi connectivity index (χ0n) is 16.6. The predicted molar refractivity (Wildman–Crippen MR) is 121 cm³/mol. The number of hydrogen-bond donors (Lipinski definition) is 1. The number of fused-ring (bicyclic) bond motifs is 1. The van der Waals surface area contributed by atoms with Gasteiger partial charge < -0.3 is 4.90 Å². The van der Waals surface area contributed by atoms with Crippen molar-refractivity contribution in [3.05, 3.63) is 59.1 Å². The van der Waals surface area contributed by atoms with Gasteiger partial charge in [-0.25, -0.2) is 13.4 Å². The quantitative estimate of drug-likeness (QED) is 0.598. The second-order valence-corrected chi connectivity index (χ2v) is 10.9. The van der Waals surface area contributed by atoms with Gasteiger partial charge in [0.25, 0.3) is 10.0 Å². The molecule has 0 spiro atoms. The number of anilines is 2. The molecule has 1 aliphatic rings. The maximum atomic E-state index is 12.9. The van der Waals surface area contributed by atoms with Gasteiger partial charge in [-0.05, 0) is 67.8 Å². The maximum absolute atomic E-state index is 12.9. The average Bonchev–Trinajstić information content (AvgIpc) is 3.13. The largest absolute Gasteiger partial charge is 0.312 e. The lowest BCUT2D eigenvalue weighted by Crippen LogP contribution is -2.33. The Morgan fingerprint density at radius 3 is 2.63 bits per heavy atom. The van der Waals surface area contributed by atoms with Crippen LogP contribution in [0.5, 0.6) is 0 Å². The molecule has 0 saturated heterocycles. The second kappa shape index (κ2) is 8.41. The molecular weight excluding hydrogens is 438 g/mol. The van der Waals surface area contributed by atoms with E-state index in [-0.39, 0.29) is 10.8 Å². The van der Waals surface area contributed by atoms with E-state index >= 15 is 0 Å². The first-order valence-electron chi connectivity index (χ1n) is 9.46. The van der Waals surface area contributed by atoms with Crippen LogP contribution in [0.4, 0.5) is 11.4 Å². The van der Waals surface area contributed by atoms with Gasteiger partial charge in [0.1, 0.15) is 0 Å². The summed E-state index contributed by atoms with van der Waals surface area (Å²) < 4.78 is 29.3. The summed E-state index contributed by atoms with van der Waals surface area (Å²) in [5, 5.41) is 2.00. The van der Waals surface area contributed by atoms with Gasteiger partial charge in [-0.1, -0.05) is 11.8 Å². The van der Waals surface area contributed by atoms with E-state index in [0.29, 0.717) is 12.2 Å². The van der Waals surface area contributed by atoms with Crippen molar-refractivity contribution in [3.8, 4) is 0 Å². The van der Waals surface area contributed by atoms with E-state index in [1.807, 2.05) is 24.4 Å². The fourth-order valence-corrected chi connectivity index (χ4v) is 6.27. The molecule has 3 aromatic rings. The molecule has 0 aliphatic carbocycles. The van der Waals surface area contributed by atoms with Gasteiger partial charge in [-0.3, -0.25) is 9.52 Å². The van der Waals surface area contributed by atoms with E-state index in [9.17, 15) is 13.2 Å². The third-order valence-corrected chi connectivity index (χ3v) is 8.21. The summed E-state index contributed by atoms with van der Waals surface area (Å²) in [6.45, 7) is 4.15. The minimum absolute atomic E-state index is 0.0319. The van der Waals surface area contributed by atoms with Crippen molar-refractivity contribution >= 4 is 50.4 Å². The molecule has 0 atom stereocenters. The van der Waals surface area contributed by atoms with Crippen LogP contribution in [0.3, 0.4) is 0 Å². The molecule has 0 radical (unpaired) electrons. The van der Waals surface area contributed by atoms with Crippen LogP contribution < -0.4 is 9.62 Å². The van der Waals surface area contributed by atoms with Gasteiger partial charge >= 0.3 is 0 Å². The van der Waals surface area contributed by atoms with E-state index in [0.717, 1.165) is 39.0 Å². The zero-order valence-corrected chi connectivity index (χ0v) is 19.0. The Labute approximate surface area is 184 Å². The minimum atomic E-state index is -3.72. The fraction of sp³-hybridized carbons (Fsp3) is 0.238. The zero-order chi connectivity index (χ0) is 21.3. The van der Waals surface area contributed by atoms with Crippen molar-refractivity contribution in [2.75, 3.05) is 16.2 Å². The molecule has 6 nitrogen and oxygen atoms in total. The standard InChI is InChI=1S/C21H21N3O3S3/c1-14-13-28-21(22-14)29-18-7-5-17(6-8-18)23-30(26,27)19-9-10-20-16(12-19)4-3-11-24(20)15(2)25/h5-10,12-13,23H,3-4,11H2,1-2H3. The van der Waals surface area contributed by atoms with Crippen molar-refractivity contribution in [2.45, 2.75) is 40.8 Å². The Morgan fingerprint density at radius 1 is 1.20 bits per heavy atom. The third-order valence-electron chi connectivity index (χ3n) is 4.77. The number of carbonyl (C=O) groups is 1. The molecule has 4 rings (SSSR count). The molecular formula is C21H21N3O3S3. The Balaban J connectivity index is 1.51. The number of carbonyl (C=O) groups excluding carboxylic acids is 1. The molecule has 0 bridgehead atoms. The molecule has 2 heterocycles. The van der Waals surface area contributed by atoms with Gasteiger partial charge in [-0.15, -0.1) is 11.3 Å². The number of amides is 1. The van der Waals surface area contributed by atoms with Crippen molar-refractivity contribution < 1.29 is 13.2 Å². The molecule has 0 saturated carbocycles. The molecule has 1 aliphatic heterocycles. The maximum Gasteiger partial charge on any atom is 0.261 e. The summed E-state index contributed by atoms with van der Waals surface area (Å²) in [6.07, 6.45) is 1.58. The van der Waals surface area contributed by atoms with E-state index in [1.165, 1.54) is 6.92 Å². The van der Waals surface area contributed by atoms with Crippen LogP contribution in [0.1, 0.15) is 24.6 Å².